The zero-order valence-corrected chi connectivity index (χ0v) is 17.3. The van der Waals surface area contributed by atoms with Crippen LogP contribution >= 0.6 is 15.6 Å². The summed E-state index contributed by atoms with van der Waals surface area (Å²) in [5.74, 6) is 0. The Labute approximate surface area is 163 Å². The van der Waals surface area contributed by atoms with Crippen molar-refractivity contribution in [2.75, 3.05) is 0 Å². The van der Waals surface area contributed by atoms with Crippen LogP contribution in [0.4, 0.5) is 50.4 Å². The van der Waals surface area contributed by atoms with Gasteiger partial charge in [0.1, 0.15) is 6.04 Å². The first-order valence-corrected chi connectivity index (χ1v) is 12.8. The molecule has 2 atom stereocenters. The van der Waals surface area contributed by atoms with Crippen LogP contribution in [0.1, 0.15) is 51.9 Å². The predicted molar refractivity (Wildman–Crippen MR) is 90.2 cm³/mol. The van der Waals surface area contributed by atoms with E-state index in [-0.39, 0.29) is 0 Å². The number of halogens is 12. The third-order valence-corrected chi connectivity index (χ3v) is 4.40. The summed E-state index contributed by atoms with van der Waals surface area (Å²) in [6.07, 6.45) is 9.12. The van der Waals surface area contributed by atoms with Gasteiger partial charge in [0.05, 0.1) is 13.3 Å². The number of hydrogen-bond donors (Lipinski definition) is 0. The van der Waals surface area contributed by atoms with E-state index in [1.54, 1.807) is 0 Å². The van der Waals surface area contributed by atoms with Gasteiger partial charge in [-0.1, -0.05) is 4.85 Å². The molecule has 0 spiro atoms. The fraction of sp³-hybridized carbons (Fsp3) is 0.923. The van der Waals surface area contributed by atoms with Gasteiger partial charge in [0, 0.05) is 25.7 Å². The van der Waals surface area contributed by atoms with E-state index in [9.17, 15) is 50.4 Å². The molecule has 2 heterocycles. The Balaban J connectivity index is 0.000000271. The molecule has 17 heteroatoms. The first-order chi connectivity index (χ1) is 12.8. The van der Waals surface area contributed by atoms with Crippen molar-refractivity contribution in [1.82, 2.24) is 0 Å². The molecule has 182 valence electrons. The average molecular weight is 509 g/mol. The monoisotopic (exact) mass is 509 g/mol. The zero-order chi connectivity index (χ0) is 23.8. The Morgan fingerprint density at radius 1 is 0.700 bits per heavy atom. The van der Waals surface area contributed by atoms with E-state index in [1.807, 2.05) is 6.92 Å². The molecule has 30 heavy (non-hydrogen) atoms. The van der Waals surface area contributed by atoms with Gasteiger partial charge >= 0.3 is 66.0 Å². The summed E-state index contributed by atoms with van der Waals surface area (Å²) in [6.45, 7) is 1.90. The van der Waals surface area contributed by atoms with Gasteiger partial charge in [0.15, 0.2) is 12.1 Å². The van der Waals surface area contributed by atoms with Crippen molar-refractivity contribution in [2.24, 2.45) is 5.11 Å². The summed E-state index contributed by atoms with van der Waals surface area (Å²) in [5, 5.41) is 4.90. The third kappa shape index (κ3) is 16.9. The first kappa shape index (κ1) is 27.1. The van der Waals surface area contributed by atoms with Crippen molar-refractivity contribution < 1.29 is 55.1 Å². The van der Waals surface area contributed by atoms with E-state index >= 15 is 0 Å². The molecule has 3 nitrogen and oxygen atoms in total. The van der Waals surface area contributed by atoms with Crippen LogP contribution < -0.4 is 0 Å². The molecule has 2 aliphatic heterocycles. The summed E-state index contributed by atoms with van der Waals surface area (Å²) in [5.41, 5.74) is 0. The number of fused-ring (bicyclic) bond motifs is 2. The summed E-state index contributed by atoms with van der Waals surface area (Å²) in [4.78, 5) is 4.41. The molecular weight excluding hydrogens is 488 g/mol. The molecule has 2 fully saturated rings. The maximum absolute atomic E-state index is 10.7. The van der Waals surface area contributed by atoms with E-state index < -0.39 is 15.6 Å². The molecule has 2 unspecified atom stereocenters. The quantitative estimate of drug-likeness (QED) is 0.191. The molecule has 2 aliphatic carbocycles. The average Bonchev–Trinajstić information content (AvgIpc) is 2.91. The third-order valence-electron chi connectivity index (χ3n) is 4.40. The second-order valence-corrected chi connectivity index (χ2v) is 11.2. The van der Waals surface area contributed by atoms with E-state index in [2.05, 4.69) is 15.6 Å². The Morgan fingerprint density at radius 2 is 1.10 bits per heavy atom. The topological polar surface area (TPSA) is 19.7 Å². The molecule has 0 radical (unpaired) electrons. The van der Waals surface area contributed by atoms with Crippen molar-refractivity contribution >= 4 is 15.6 Å². The van der Waals surface area contributed by atoms with Crippen molar-refractivity contribution in [2.45, 2.75) is 76.0 Å². The first-order valence-electron chi connectivity index (χ1n) is 8.75. The fourth-order valence-corrected chi connectivity index (χ4v) is 3.59. The van der Waals surface area contributed by atoms with Crippen molar-refractivity contribution in [3.05, 3.63) is 4.85 Å². The Hall–Kier alpha value is -0.890. The van der Waals surface area contributed by atoms with Crippen LogP contribution in [0.3, 0.4) is 0 Å². The van der Waals surface area contributed by atoms with Gasteiger partial charge < -0.3 is 0 Å². The molecule has 0 aromatic carbocycles. The minimum absolute atomic E-state index is 0.519. The molecule has 0 aromatic heterocycles. The van der Waals surface area contributed by atoms with Crippen LogP contribution in [0.25, 0.3) is 4.85 Å². The normalized spacial score (nSPS) is 32.9. The standard InChI is InChI=1S/C13H21N3.2F6P/c1-2-14-11-5-8-13(9-11)16-12-6-3-10(15-16)4-7-12;2*1-7(2,3,4,5)6/h10-13H,3-9H2,1H3;;/q+2;2*-1. The van der Waals surface area contributed by atoms with Crippen LogP contribution in [0.2, 0.25) is 0 Å². The Morgan fingerprint density at radius 3 is 1.43 bits per heavy atom. The molecule has 4 rings (SSSR count). The summed E-state index contributed by atoms with van der Waals surface area (Å²) in [6, 6.07) is 5.54. The van der Waals surface area contributed by atoms with Gasteiger partial charge in [-0.2, -0.15) is 0 Å². The SMILES string of the molecule is CC#[N+]C1CCC([N+]2=NC3CCC2CC3)C1.F[P-](F)(F)(F)(F)F.F[P-](F)(F)(F)(F)F. The molecule has 2 bridgehead atoms. The summed E-state index contributed by atoms with van der Waals surface area (Å²) < 4.78 is 121. The van der Waals surface area contributed by atoms with Gasteiger partial charge in [0.2, 0.25) is 0 Å². The van der Waals surface area contributed by atoms with E-state index in [4.69, 9.17) is 5.11 Å². The molecular formula is C13H21F12N3P2. The summed E-state index contributed by atoms with van der Waals surface area (Å²) >= 11 is 0. The number of azo groups is 2. The second-order valence-electron chi connectivity index (χ2n) is 7.35. The zero-order valence-electron chi connectivity index (χ0n) is 15.5. The van der Waals surface area contributed by atoms with Crippen LogP contribution in [0.5, 0.6) is 0 Å². The van der Waals surface area contributed by atoms with Crippen LogP contribution in [-0.2, 0) is 0 Å². The van der Waals surface area contributed by atoms with Gasteiger partial charge in [-0.25, -0.2) is 0 Å². The summed E-state index contributed by atoms with van der Waals surface area (Å²) in [7, 11) is -21.3. The van der Waals surface area contributed by atoms with Crippen molar-refractivity contribution in [1.29, 1.82) is 0 Å². The molecule has 4 aliphatic rings. The molecule has 0 saturated heterocycles. The minimum atomic E-state index is -10.7. The van der Waals surface area contributed by atoms with Gasteiger partial charge in [-0.3, -0.25) is 0 Å². The Bertz CT molecular complexity index is 672. The van der Waals surface area contributed by atoms with E-state index in [0.717, 1.165) is 6.04 Å². The van der Waals surface area contributed by atoms with E-state index in [0.29, 0.717) is 18.1 Å². The number of rotatable bonds is 1. The van der Waals surface area contributed by atoms with Gasteiger partial charge in [0.25, 0.3) is 12.1 Å². The molecule has 0 N–H and O–H groups in total. The number of nitrogens with zero attached hydrogens (tertiary/aromatic N) is 3. The predicted octanol–water partition coefficient (Wildman–Crippen LogP) is 9.81. The van der Waals surface area contributed by atoms with Crippen LogP contribution in [-0.4, -0.2) is 28.9 Å². The second kappa shape index (κ2) is 7.06. The van der Waals surface area contributed by atoms with Crippen LogP contribution in [0.15, 0.2) is 5.11 Å². The van der Waals surface area contributed by atoms with E-state index in [1.165, 1.54) is 44.9 Å². The number of hydrogen-bond acceptors (Lipinski definition) is 1. The van der Waals surface area contributed by atoms with Crippen molar-refractivity contribution in [3.8, 4) is 6.07 Å². The molecule has 0 aromatic rings. The molecule has 2 saturated carbocycles. The van der Waals surface area contributed by atoms with Crippen molar-refractivity contribution in [3.63, 3.8) is 0 Å². The van der Waals surface area contributed by atoms with Gasteiger partial charge in [-0.05, 0) is 18.0 Å². The fourth-order valence-electron chi connectivity index (χ4n) is 3.59. The molecule has 0 amide bonds. The van der Waals surface area contributed by atoms with Crippen LogP contribution in [0, 0.1) is 6.07 Å². The Kier molecular flexibility index (Phi) is 6.38. The van der Waals surface area contributed by atoms with Gasteiger partial charge in [-0.15, -0.1) is 4.70 Å². The maximum atomic E-state index is 9.87.